The van der Waals surface area contributed by atoms with Crippen molar-refractivity contribution in [1.29, 1.82) is 0 Å². The van der Waals surface area contributed by atoms with Crippen LogP contribution in [0.1, 0.15) is 57.1 Å². The quantitative estimate of drug-likeness (QED) is 0.776. The van der Waals surface area contributed by atoms with Gasteiger partial charge < -0.3 is 10.6 Å². The Bertz CT molecular complexity index is 406. The molecule has 1 unspecified atom stereocenters. The van der Waals surface area contributed by atoms with E-state index in [-0.39, 0.29) is 5.54 Å². The van der Waals surface area contributed by atoms with Crippen LogP contribution in [-0.2, 0) is 6.42 Å². The Hall–Kier alpha value is -0.860. The molecule has 1 aliphatic rings. The van der Waals surface area contributed by atoms with Crippen LogP contribution >= 0.6 is 0 Å². The lowest BCUT2D eigenvalue weighted by Gasteiger charge is -2.26. The number of rotatable bonds is 6. The molecule has 1 atom stereocenters. The highest BCUT2D eigenvalue weighted by atomic mass is 14.9. The maximum absolute atomic E-state index is 3.64. The Morgan fingerprint density at radius 3 is 2.75 bits per heavy atom. The Kier molecular flexibility index (Phi) is 5.62. The smallest absolute Gasteiger partial charge is 0.00965 e. The van der Waals surface area contributed by atoms with Crippen molar-refractivity contribution >= 4 is 0 Å². The van der Waals surface area contributed by atoms with Crippen LogP contribution in [0, 0.1) is 0 Å². The average molecular weight is 274 g/mol. The zero-order valence-electron chi connectivity index (χ0n) is 13.3. The van der Waals surface area contributed by atoms with E-state index in [0.717, 1.165) is 25.6 Å². The van der Waals surface area contributed by atoms with Gasteiger partial charge in [0.2, 0.25) is 0 Å². The standard InChI is InChI=1S/C18H30N2/c1-18(2,3)20-13-7-12-19-14-16-10-6-9-15-8-4-5-11-17(15)16/h4-5,8,11,16,19-20H,6-7,9-10,12-14H2,1-3H3. The van der Waals surface area contributed by atoms with Crippen LogP contribution in [0.5, 0.6) is 0 Å². The van der Waals surface area contributed by atoms with E-state index in [9.17, 15) is 0 Å². The summed E-state index contributed by atoms with van der Waals surface area (Å²) in [4.78, 5) is 0. The first-order valence-electron chi connectivity index (χ1n) is 8.10. The molecule has 0 aromatic heterocycles. The maximum atomic E-state index is 3.64. The van der Waals surface area contributed by atoms with Crippen molar-refractivity contribution < 1.29 is 0 Å². The molecule has 0 fully saturated rings. The minimum absolute atomic E-state index is 0.238. The molecule has 1 aromatic carbocycles. The van der Waals surface area contributed by atoms with E-state index in [1.807, 2.05) is 0 Å². The van der Waals surface area contributed by atoms with Crippen molar-refractivity contribution in [2.75, 3.05) is 19.6 Å². The normalized spacial score (nSPS) is 18.9. The van der Waals surface area contributed by atoms with Crippen LogP contribution in [0.3, 0.4) is 0 Å². The molecule has 0 saturated heterocycles. The summed E-state index contributed by atoms with van der Waals surface area (Å²) in [5.74, 6) is 0.718. The number of hydrogen-bond acceptors (Lipinski definition) is 2. The highest BCUT2D eigenvalue weighted by Crippen LogP contribution is 2.30. The summed E-state index contributed by atoms with van der Waals surface area (Å²) in [6, 6.07) is 8.98. The summed E-state index contributed by atoms with van der Waals surface area (Å²) >= 11 is 0. The zero-order valence-corrected chi connectivity index (χ0v) is 13.3. The van der Waals surface area contributed by atoms with Gasteiger partial charge >= 0.3 is 0 Å². The summed E-state index contributed by atoms with van der Waals surface area (Å²) in [7, 11) is 0. The van der Waals surface area contributed by atoms with E-state index in [1.165, 1.54) is 25.7 Å². The predicted octanol–water partition coefficient (Wildman–Crippen LogP) is 3.47. The van der Waals surface area contributed by atoms with Gasteiger partial charge in [0.05, 0.1) is 0 Å². The lowest BCUT2D eigenvalue weighted by molar-refractivity contribution is 0.415. The largest absolute Gasteiger partial charge is 0.316 e. The third-order valence-electron chi connectivity index (χ3n) is 4.07. The Labute approximate surface area is 124 Å². The molecule has 0 heterocycles. The topological polar surface area (TPSA) is 24.1 Å². The second kappa shape index (κ2) is 7.24. The van der Waals surface area contributed by atoms with Crippen molar-refractivity contribution in [3.8, 4) is 0 Å². The molecular formula is C18H30N2. The van der Waals surface area contributed by atoms with E-state index >= 15 is 0 Å². The fraction of sp³-hybridized carbons (Fsp3) is 0.667. The van der Waals surface area contributed by atoms with E-state index in [4.69, 9.17) is 0 Å². The SMILES string of the molecule is CC(C)(C)NCCCNCC1CCCc2ccccc21. The molecule has 1 aliphatic carbocycles. The summed E-state index contributed by atoms with van der Waals surface area (Å²) in [6.07, 6.45) is 5.15. The van der Waals surface area contributed by atoms with Crippen molar-refractivity contribution in [1.82, 2.24) is 10.6 Å². The van der Waals surface area contributed by atoms with Crippen LogP contribution in [0.15, 0.2) is 24.3 Å². The van der Waals surface area contributed by atoms with Crippen LogP contribution in [-0.4, -0.2) is 25.2 Å². The van der Waals surface area contributed by atoms with Gasteiger partial charge in [0.25, 0.3) is 0 Å². The molecule has 1 aromatic rings. The minimum atomic E-state index is 0.238. The van der Waals surface area contributed by atoms with Crippen molar-refractivity contribution in [2.45, 2.75) is 57.9 Å². The van der Waals surface area contributed by atoms with Gasteiger partial charge in [0.15, 0.2) is 0 Å². The van der Waals surface area contributed by atoms with E-state index in [0.29, 0.717) is 0 Å². The van der Waals surface area contributed by atoms with Crippen LogP contribution in [0.4, 0.5) is 0 Å². The van der Waals surface area contributed by atoms with Crippen LogP contribution in [0.2, 0.25) is 0 Å². The van der Waals surface area contributed by atoms with E-state index < -0.39 is 0 Å². The second-order valence-electron chi connectivity index (χ2n) is 7.02. The van der Waals surface area contributed by atoms with Gasteiger partial charge in [-0.1, -0.05) is 24.3 Å². The molecule has 0 aliphatic heterocycles. The average Bonchev–Trinajstić information content (AvgIpc) is 2.41. The first-order chi connectivity index (χ1) is 9.56. The maximum Gasteiger partial charge on any atom is 0.00965 e. The highest BCUT2D eigenvalue weighted by molar-refractivity contribution is 5.32. The molecule has 20 heavy (non-hydrogen) atoms. The number of hydrogen-bond donors (Lipinski definition) is 2. The van der Waals surface area contributed by atoms with Crippen molar-refractivity contribution in [3.63, 3.8) is 0 Å². The number of fused-ring (bicyclic) bond motifs is 1. The minimum Gasteiger partial charge on any atom is -0.316 e. The lowest BCUT2D eigenvalue weighted by atomic mass is 9.83. The predicted molar refractivity (Wildman–Crippen MR) is 87.4 cm³/mol. The molecule has 2 nitrogen and oxygen atoms in total. The zero-order chi connectivity index (χ0) is 14.4. The molecule has 2 heteroatoms. The fourth-order valence-electron chi connectivity index (χ4n) is 3.02. The third-order valence-corrected chi connectivity index (χ3v) is 4.07. The van der Waals surface area contributed by atoms with Crippen LogP contribution < -0.4 is 10.6 Å². The Morgan fingerprint density at radius 2 is 1.95 bits per heavy atom. The number of nitrogens with one attached hydrogen (secondary N) is 2. The molecule has 0 amide bonds. The van der Waals surface area contributed by atoms with Gasteiger partial charge in [-0.15, -0.1) is 0 Å². The fourth-order valence-corrected chi connectivity index (χ4v) is 3.02. The molecule has 2 rings (SSSR count). The van der Waals surface area contributed by atoms with Gasteiger partial charge in [0, 0.05) is 12.1 Å². The van der Waals surface area contributed by atoms with Gasteiger partial charge in [-0.3, -0.25) is 0 Å². The van der Waals surface area contributed by atoms with Crippen LogP contribution in [0.25, 0.3) is 0 Å². The third kappa shape index (κ3) is 4.92. The summed E-state index contributed by atoms with van der Waals surface area (Å²) in [5, 5.41) is 7.18. The molecular weight excluding hydrogens is 244 g/mol. The molecule has 2 N–H and O–H groups in total. The number of aryl methyl sites for hydroxylation is 1. The lowest BCUT2D eigenvalue weighted by Crippen LogP contribution is -2.37. The Morgan fingerprint density at radius 1 is 1.15 bits per heavy atom. The van der Waals surface area contributed by atoms with E-state index in [1.54, 1.807) is 11.1 Å². The van der Waals surface area contributed by atoms with Gasteiger partial charge in [0.1, 0.15) is 0 Å². The van der Waals surface area contributed by atoms with Gasteiger partial charge in [-0.2, -0.15) is 0 Å². The monoisotopic (exact) mass is 274 g/mol. The summed E-state index contributed by atoms with van der Waals surface area (Å²) in [5.41, 5.74) is 3.39. The Balaban J connectivity index is 1.68. The molecule has 0 spiro atoms. The van der Waals surface area contributed by atoms with Crippen molar-refractivity contribution in [2.24, 2.45) is 0 Å². The first kappa shape index (κ1) is 15.5. The summed E-state index contributed by atoms with van der Waals surface area (Å²) < 4.78 is 0. The van der Waals surface area contributed by atoms with E-state index in [2.05, 4.69) is 55.7 Å². The highest BCUT2D eigenvalue weighted by Gasteiger charge is 2.18. The second-order valence-corrected chi connectivity index (χ2v) is 7.02. The molecule has 0 saturated carbocycles. The molecule has 0 radical (unpaired) electrons. The first-order valence-corrected chi connectivity index (χ1v) is 8.10. The number of benzene rings is 1. The molecule has 0 bridgehead atoms. The van der Waals surface area contributed by atoms with Gasteiger partial charge in [-0.05, 0) is 76.6 Å². The summed E-state index contributed by atoms with van der Waals surface area (Å²) in [6.45, 7) is 10.0. The molecule has 112 valence electrons. The van der Waals surface area contributed by atoms with Crippen molar-refractivity contribution in [3.05, 3.63) is 35.4 Å². The van der Waals surface area contributed by atoms with Gasteiger partial charge in [-0.25, -0.2) is 0 Å².